The third kappa shape index (κ3) is 7.25. The number of benzene rings is 2. The molecule has 2 aromatic rings. The Kier molecular flexibility index (Phi) is 8.54. The average molecular weight is 286 g/mol. The van der Waals surface area contributed by atoms with Gasteiger partial charge in [-0.1, -0.05) is 48.5 Å². The summed E-state index contributed by atoms with van der Waals surface area (Å²) in [5, 5.41) is 0. The van der Waals surface area contributed by atoms with E-state index in [-0.39, 0.29) is 34.5 Å². The molecular formula is C13H11NaO4S. The summed E-state index contributed by atoms with van der Waals surface area (Å²) < 4.78 is 30.8. The first-order valence-electron chi connectivity index (χ1n) is 5.05. The molecule has 0 heterocycles. The molecular weight excluding hydrogens is 275 g/mol. The summed E-state index contributed by atoms with van der Waals surface area (Å²) in [5.74, 6) is 0. The van der Waals surface area contributed by atoms with Gasteiger partial charge in [-0.05, 0) is 12.1 Å². The standard InChI is InChI=1S/C7H6O.C6H6O3S.Na/c8-6-7-4-2-1-3-5-7;7-10(8,9)6-4-2-1-3-5-6;/h1-6H;1-5H,(H,7,8,9);/q;;+1/p-1. The maximum atomic E-state index is 10.3. The van der Waals surface area contributed by atoms with E-state index in [0.29, 0.717) is 0 Å². The average Bonchev–Trinajstić information content (AvgIpc) is 2.40. The second kappa shape index (κ2) is 9.01. The number of hydrogen-bond donors (Lipinski definition) is 0. The van der Waals surface area contributed by atoms with Crippen LogP contribution in [0.4, 0.5) is 0 Å². The van der Waals surface area contributed by atoms with Crippen LogP contribution >= 0.6 is 0 Å². The topological polar surface area (TPSA) is 74.3 Å². The molecule has 0 radical (unpaired) electrons. The van der Waals surface area contributed by atoms with Crippen LogP contribution in [-0.2, 0) is 10.1 Å². The summed E-state index contributed by atoms with van der Waals surface area (Å²) >= 11 is 0. The van der Waals surface area contributed by atoms with Gasteiger partial charge in [0.2, 0.25) is 0 Å². The molecule has 0 atom stereocenters. The van der Waals surface area contributed by atoms with E-state index in [2.05, 4.69) is 0 Å². The predicted molar refractivity (Wildman–Crippen MR) is 66.2 cm³/mol. The van der Waals surface area contributed by atoms with E-state index in [1.807, 2.05) is 18.2 Å². The molecule has 2 aromatic carbocycles. The zero-order valence-electron chi connectivity index (χ0n) is 10.4. The van der Waals surface area contributed by atoms with E-state index in [1.54, 1.807) is 18.2 Å². The van der Waals surface area contributed by atoms with Gasteiger partial charge in [0.1, 0.15) is 16.4 Å². The van der Waals surface area contributed by atoms with Crippen LogP contribution in [0.1, 0.15) is 10.4 Å². The van der Waals surface area contributed by atoms with Crippen LogP contribution in [0.25, 0.3) is 0 Å². The molecule has 0 N–H and O–H groups in total. The monoisotopic (exact) mass is 286 g/mol. The van der Waals surface area contributed by atoms with Crippen molar-refractivity contribution in [1.82, 2.24) is 0 Å². The van der Waals surface area contributed by atoms with Crippen LogP contribution in [-0.4, -0.2) is 19.3 Å². The molecule has 0 amide bonds. The molecule has 0 unspecified atom stereocenters. The Hall–Kier alpha value is -0.980. The Bertz CT molecular complexity index is 583. The Morgan fingerprint density at radius 1 is 0.842 bits per heavy atom. The summed E-state index contributed by atoms with van der Waals surface area (Å²) in [4.78, 5) is 9.82. The van der Waals surface area contributed by atoms with E-state index in [1.165, 1.54) is 24.3 Å². The zero-order chi connectivity index (χ0) is 13.4. The van der Waals surface area contributed by atoms with Crippen molar-refractivity contribution in [3.8, 4) is 0 Å². The molecule has 0 aromatic heterocycles. The van der Waals surface area contributed by atoms with E-state index < -0.39 is 10.1 Å². The number of carbonyl (C=O) groups is 1. The summed E-state index contributed by atoms with van der Waals surface area (Å²) in [5.41, 5.74) is 0.729. The first-order chi connectivity index (χ1) is 8.54. The number of carbonyl (C=O) groups excluding carboxylic acids is 1. The fraction of sp³-hybridized carbons (Fsp3) is 0. The zero-order valence-corrected chi connectivity index (χ0v) is 13.2. The van der Waals surface area contributed by atoms with Gasteiger partial charge in [0.15, 0.2) is 0 Å². The number of rotatable bonds is 2. The van der Waals surface area contributed by atoms with E-state index in [4.69, 9.17) is 0 Å². The number of aldehydes is 1. The Labute approximate surface area is 134 Å². The normalized spacial score (nSPS) is 9.53. The van der Waals surface area contributed by atoms with Crippen molar-refractivity contribution < 1.29 is 47.3 Å². The van der Waals surface area contributed by atoms with Crippen LogP contribution in [0.15, 0.2) is 65.6 Å². The molecule has 94 valence electrons. The molecule has 0 saturated carbocycles. The molecule has 0 saturated heterocycles. The molecule has 6 heteroatoms. The van der Waals surface area contributed by atoms with Crippen LogP contribution in [0.5, 0.6) is 0 Å². The van der Waals surface area contributed by atoms with Crippen LogP contribution < -0.4 is 29.6 Å². The van der Waals surface area contributed by atoms with Crippen molar-refractivity contribution in [3.63, 3.8) is 0 Å². The van der Waals surface area contributed by atoms with Gasteiger partial charge in [0.05, 0.1) is 4.90 Å². The van der Waals surface area contributed by atoms with Gasteiger partial charge >= 0.3 is 29.6 Å². The molecule has 4 nitrogen and oxygen atoms in total. The SMILES string of the molecule is O=Cc1ccccc1.O=S(=O)([O-])c1ccccc1.[Na+]. The molecule has 0 aliphatic rings. The van der Waals surface area contributed by atoms with Gasteiger partial charge in [-0.3, -0.25) is 4.79 Å². The van der Waals surface area contributed by atoms with Gasteiger partial charge < -0.3 is 4.55 Å². The molecule has 0 bridgehead atoms. The van der Waals surface area contributed by atoms with E-state index >= 15 is 0 Å². The minimum atomic E-state index is -4.25. The second-order valence-corrected chi connectivity index (χ2v) is 4.68. The van der Waals surface area contributed by atoms with Gasteiger partial charge in [0, 0.05) is 5.56 Å². The van der Waals surface area contributed by atoms with Gasteiger partial charge in [-0.15, -0.1) is 0 Å². The predicted octanol–water partition coefficient (Wildman–Crippen LogP) is -0.906. The Balaban J connectivity index is 0.000000331. The Morgan fingerprint density at radius 2 is 1.26 bits per heavy atom. The molecule has 0 aliphatic heterocycles. The fourth-order valence-electron chi connectivity index (χ4n) is 1.12. The summed E-state index contributed by atoms with van der Waals surface area (Å²) in [6.45, 7) is 0. The molecule has 0 fully saturated rings. The molecule has 0 spiro atoms. The maximum Gasteiger partial charge on any atom is 1.00 e. The van der Waals surface area contributed by atoms with Crippen molar-refractivity contribution in [2.24, 2.45) is 0 Å². The van der Waals surface area contributed by atoms with Gasteiger partial charge in [-0.25, -0.2) is 8.42 Å². The third-order valence-electron chi connectivity index (χ3n) is 1.97. The first kappa shape index (κ1) is 18.0. The molecule has 2 rings (SSSR count). The maximum absolute atomic E-state index is 10.3. The Morgan fingerprint density at radius 3 is 1.53 bits per heavy atom. The van der Waals surface area contributed by atoms with Gasteiger partial charge in [0.25, 0.3) is 0 Å². The largest absolute Gasteiger partial charge is 1.00 e. The van der Waals surface area contributed by atoms with E-state index in [0.717, 1.165) is 11.8 Å². The third-order valence-corrected chi connectivity index (χ3v) is 2.82. The van der Waals surface area contributed by atoms with Crippen molar-refractivity contribution >= 4 is 16.4 Å². The van der Waals surface area contributed by atoms with Crippen LogP contribution in [0, 0.1) is 0 Å². The van der Waals surface area contributed by atoms with Crippen molar-refractivity contribution in [3.05, 3.63) is 66.2 Å². The van der Waals surface area contributed by atoms with E-state index in [9.17, 15) is 17.8 Å². The summed E-state index contributed by atoms with van der Waals surface area (Å²) in [6.07, 6.45) is 0.833. The van der Waals surface area contributed by atoms with Crippen LogP contribution in [0.2, 0.25) is 0 Å². The summed E-state index contributed by atoms with van der Waals surface area (Å²) in [7, 11) is -4.25. The van der Waals surface area contributed by atoms with Gasteiger partial charge in [-0.2, -0.15) is 0 Å². The fourth-order valence-corrected chi connectivity index (χ4v) is 1.61. The smallest absolute Gasteiger partial charge is 0.744 e. The van der Waals surface area contributed by atoms with Crippen molar-refractivity contribution in [2.75, 3.05) is 0 Å². The second-order valence-electron chi connectivity index (χ2n) is 3.30. The molecule has 19 heavy (non-hydrogen) atoms. The minimum absolute atomic E-state index is 0. The van der Waals surface area contributed by atoms with Crippen molar-refractivity contribution in [1.29, 1.82) is 0 Å². The quantitative estimate of drug-likeness (QED) is 0.407. The van der Waals surface area contributed by atoms with Crippen LogP contribution in [0.3, 0.4) is 0 Å². The van der Waals surface area contributed by atoms with Crippen molar-refractivity contribution in [2.45, 2.75) is 4.90 Å². The first-order valence-corrected chi connectivity index (χ1v) is 6.46. The molecule has 0 aliphatic carbocycles. The number of hydrogen-bond acceptors (Lipinski definition) is 4. The minimum Gasteiger partial charge on any atom is -0.744 e. The summed E-state index contributed by atoms with van der Waals surface area (Å²) in [6, 6.07) is 16.3.